The van der Waals surface area contributed by atoms with Crippen LogP contribution in [-0.4, -0.2) is 28.4 Å². The van der Waals surface area contributed by atoms with Crippen LogP contribution < -0.4 is 4.90 Å². The van der Waals surface area contributed by atoms with Gasteiger partial charge in [0.25, 0.3) is 0 Å². The molecule has 0 unspecified atom stereocenters. The topological polar surface area (TPSA) is 87.0 Å². The average Bonchev–Trinajstić information content (AvgIpc) is 2.73. The Balaban J connectivity index is 2.03. The highest BCUT2D eigenvalue weighted by molar-refractivity contribution is 6.15. The zero-order chi connectivity index (χ0) is 19.9. The van der Waals surface area contributed by atoms with E-state index in [0.29, 0.717) is 17.8 Å². The van der Waals surface area contributed by atoms with Crippen LogP contribution in [0.5, 0.6) is 0 Å². The van der Waals surface area contributed by atoms with E-state index in [4.69, 9.17) is 0 Å². The average molecular weight is 370 g/mol. The standard InChI is InChI=1S/C22H18N4O2/c1-21(2)18-9-11-26(17-8-10-24-25-14-17)20(28)22(18,12-15(13-23)19(21)27)16-6-4-3-5-7-16/h3-10,12,14H,11H2,1-2H3/t22-/m0/s1. The van der Waals surface area contributed by atoms with Gasteiger partial charge in [-0.25, -0.2) is 0 Å². The molecule has 2 heterocycles. The molecule has 0 spiro atoms. The van der Waals surface area contributed by atoms with Crippen LogP contribution in [0.2, 0.25) is 0 Å². The molecular formula is C22H18N4O2. The lowest BCUT2D eigenvalue weighted by Gasteiger charge is -2.48. The smallest absolute Gasteiger partial charge is 0.246 e. The quantitative estimate of drug-likeness (QED) is 0.759. The van der Waals surface area contributed by atoms with Crippen molar-refractivity contribution < 1.29 is 9.59 Å². The molecule has 0 bridgehead atoms. The molecule has 2 aliphatic rings. The Morgan fingerprint density at radius 3 is 2.50 bits per heavy atom. The van der Waals surface area contributed by atoms with Gasteiger partial charge in [-0.1, -0.05) is 36.4 Å². The molecule has 1 amide bonds. The highest BCUT2D eigenvalue weighted by atomic mass is 16.2. The number of hydrogen-bond acceptors (Lipinski definition) is 5. The number of anilines is 1. The Bertz CT molecular complexity index is 1060. The minimum absolute atomic E-state index is 0.00839. The van der Waals surface area contributed by atoms with Crippen molar-refractivity contribution >= 4 is 17.4 Å². The van der Waals surface area contributed by atoms with Gasteiger partial charge in [0.05, 0.1) is 29.1 Å². The van der Waals surface area contributed by atoms with Gasteiger partial charge in [-0.05, 0) is 37.1 Å². The Labute approximate surface area is 162 Å². The van der Waals surface area contributed by atoms with Gasteiger partial charge in [0.1, 0.15) is 11.5 Å². The summed E-state index contributed by atoms with van der Waals surface area (Å²) in [6, 6.07) is 13.0. The first-order chi connectivity index (χ1) is 13.4. The lowest BCUT2D eigenvalue weighted by Crippen LogP contribution is -2.56. The predicted molar refractivity (Wildman–Crippen MR) is 103 cm³/mol. The van der Waals surface area contributed by atoms with Crippen molar-refractivity contribution in [2.24, 2.45) is 5.41 Å². The molecule has 0 fully saturated rings. The second-order valence-electron chi connectivity index (χ2n) is 7.43. The number of rotatable bonds is 2. The molecular weight excluding hydrogens is 352 g/mol. The van der Waals surface area contributed by atoms with E-state index in [1.54, 1.807) is 24.8 Å². The molecule has 0 N–H and O–H groups in total. The minimum Gasteiger partial charge on any atom is -0.306 e. The minimum atomic E-state index is -1.22. The first-order valence-corrected chi connectivity index (χ1v) is 8.96. The molecule has 6 nitrogen and oxygen atoms in total. The van der Waals surface area contributed by atoms with Gasteiger partial charge >= 0.3 is 0 Å². The van der Waals surface area contributed by atoms with Gasteiger partial charge in [-0.15, -0.1) is 0 Å². The first-order valence-electron chi connectivity index (χ1n) is 8.96. The number of nitrogens with zero attached hydrogens (tertiary/aromatic N) is 4. The lowest BCUT2D eigenvalue weighted by molar-refractivity contribution is -0.125. The second-order valence-corrected chi connectivity index (χ2v) is 7.43. The zero-order valence-corrected chi connectivity index (χ0v) is 15.6. The number of aromatic nitrogens is 2. The summed E-state index contributed by atoms with van der Waals surface area (Å²) in [6.45, 7) is 3.88. The van der Waals surface area contributed by atoms with Crippen molar-refractivity contribution in [2.75, 3.05) is 11.4 Å². The number of benzene rings is 1. The SMILES string of the molecule is CC1(C)C(=O)C(C#N)=C[C@@]2(c3ccccc3)C(=O)N(c3ccnnc3)CC=C12. The van der Waals surface area contributed by atoms with Crippen molar-refractivity contribution in [3.05, 3.63) is 77.7 Å². The van der Waals surface area contributed by atoms with Crippen LogP contribution in [0, 0.1) is 16.7 Å². The Hall–Kier alpha value is -3.59. The third kappa shape index (κ3) is 2.33. The third-order valence-electron chi connectivity index (χ3n) is 5.56. The second kappa shape index (κ2) is 6.24. The molecule has 6 heteroatoms. The molecule has 1 aromatic heterocycles. The maximum Gasteiger partial charge on any atom is 0.246 e. The molecule has 0 saturated heterocycles. The monoisotopic (exact) mass is 370 g/mol. The highest BCUT2D eigenvalue weighted by Gasteiger charge is 2.57. The van der Waals surface area contributed by atoms with Crippen molar-refractivity contribution in [1.82, 2.24) is 10.2 Å². The fourth-order valence-corrected chi connectivity index (χ4v) is 4.20. The number of carbonyl (C=O) groups is 2. The van der Waals surface area contributed by atoms with Crippen molar-refractivity contribution in [3.8, 4) is 6.07 Å². The largest absolute Gasteiger partial charge is 0.306 e. The van der Waals surface area contributed by atoms with Crippen molar-refractivity contribution in [2.45, 2.75) is 19.3 Å². The lowest BCUT2D eigenvalue weighted by atomic mass is 9.56. The summed E-state index contributed by atoms with van der Waals surface area (Å²) in [4.78, 5) is 28.4. The van der Waals surface area contributed by atoms with Crippen molar-refractivity contribution in [1.29, 1.82) is 5.26 Å². The van der Waals surface area contributed by atoms with E-state index < -0.39 is 10.8 Å². The molecule has 138 valence electrons. The summed E-state index contributed by atoms with van der Waals surface area (Å²) in [5.74, 6) is -0.475. The first kappa shape index (κ1) is 17.8. The summed E-state index contributed by atoms with van der Waals surface area (Å²) in [7, 11) is 0. The van der Waals surface area contributed by atoms with Gasteiger partial charge < -0.3 is 4.90 Å². The molecule has 28 heavy (non-hydrogen) atoms. The summed E-state index contributed by atoms with van der Waals surface area (Å²) in [6.07, 6.45) is 6.52. The molecule has 0 radical (unpaired) electrons. The van der Waals surface area contributed by atoms with E-state index in [0.717, 1.165) is 5.56 Å². The summed E-state index contributed by atoms with van der Waals surface area (Å²) >= 11 is 0. The van der Waals surface area contributed by atoms with Gasteiger partial charge in [0.15, 0.2) is 5.78 Å². The van der Waals surface area contributed by atoms with Crippen LogP contribution in [-0.2, 0) is 15.0 Å². The maximum absolute atomic E-state index is 13.9. The highest BCUT2D eigenvalue weighted by Crippen LogP contribution is 2.52. The van der Waals surface area contributed by atoms with E-state index >= 15 is 0 Å². The predicted octanol–water partition coefficient (Wildman–Crippen LogP) is 2.75. The van der Waals surface area contributed by atoms with E-state index in [1.807, 2.05) is 42.5 Å². The van der Waals surface area contributed by atoms with E-state index in [1.165, 1.54) is 18.5 Å². The Morgan fingerprint density at radius 2 is 1.86 bits per heavy atom. The molecule has 1 aliphatic heterocycles. The number of amides is 1. The number of nitriles is 1. The van der Waals surface area contributed by atoms with Gasteiger partial charge in [0.2, 0.25) is 5.91 Å². The third-order valence-corrected chi connectivity index (χ3v) is 5.56. The zero-order valence-electron chi connectivity index (χ0n) is 15.6. The van der Waals surface area contributed by atoms with Crippen LogP contribution >= 0.6 is 0 Å². The van der Waals surface area contributed by atoms with Crippen LogP contribution in [0.1, 0.15) is 19.4 Å². The van der Waals surface area contributed by atoms with Crippen LogP contribution in [0.3, 0.4) is 0 Å². The summed E-state index contributed by atoms with van der Waals surface area (Å²) in [5, 5.41) is 17.3. The number of fused-ring (bicyclic) bond motifs is 1. The molecule has 4 rings (SSSR count). The van der Waals surface area contributed by atoms with E-state index in [-0.39, 0.29) is 17.3 Å². The summed E-state index contributed by atoms with van der Waals surface area (Å²) < 4.78 is 0. The number of allylic oxidation sites excluding steroid dienone is 1. The number of Topliss-reactive ketones (excluding diaryl/α,β-unsaturated/α-hetero) is 1. The molecule has 1 aromatic carbocycles. The van der Waals surface area contributed by atoms with Gasteiger partial charge in [-0.2, -0.15) is 15.5 Å². The van der Waals surface area contributed by atoms with Crippen LogP contribution in [0.25, 0.3) is 0 Å². The summed E-state index contributed by atoms with van der Waals surface area (Å²) in [5.41, 5.74) is -0.120. The van der Waals surface area contributed by atoms with Crippen LogP contribution in [0.4, 0.5) is 5.69 Å². The van der Waals surface area contributed by atoms with Gasteiger partial charge in [0, 0.05) is 6.54 Å². The fraction of sp³-hybridized carbons (Fsp3) is 0.227. The normalized spacial score (nSPS) is 23.4. The van der Waals surface area contributed by atoms with Gasteiger partial charge in [-0.3, -0.25) is 9.59 Å². The molecule has 1 atom stereocenters. The Morgan fingerprint density at radius 1 is 1.11 bits per heavy atom. The number of hydrogen-bond donors (Lipinski definition) is 0. The van der Waals surface area contributed by atoms with E-state index in [9.17, 15) is 14.9 Å². The molecule has 1 aliphatic carbocycles. The molecule has 0 saturated carbocycles. The maximum atomic E-state index is 13.9. The Kier molecular flexibility index (Phi) is 3.97. The number of carbonyl (C=O) groups excluding carboxylic acids is 2. The fourth-order valence-electron chi connectivity index (χ4n) is 4.20. The van der Waals surface area contributed by atoms with Crippen molar-refractivity contribution in [3.63, 3.8) is 0 Å². The number of ketones is 1. The van der Waals surface area contributed by atoms with Crippen LogP contribution in [0.15, 0.2) is 72.1 Å². The molecule has 2 aromatic rings. The van der Waals surface area contributed by atoms with E-state index in [2.05, 4.69) is 10.2 Å².